The summed E-state index contributed by atoms with van der Waals surface area (Å²) in [5.41, 5.74) is 3.69. The number of rotatable bonds is 8. The van der Waals surface area contributed by atoms with Crippen LogP contribution in [-0.2, 0) is 22.8 Å². The maximum atomic E-state index is 12.9. The molecule has 1 aliphatic heterocycles. The van der Waals surface area contributed by atoms with E-state index in [0.717, 1.165) is 38.2 Å². The number of nitrogens with one attached hydrogen (secondary N) is 2. The van der Waals surface area contributed by atoms with Gasteiger partial charge in [-0.1, -0.05) is 30.7 Å². The van der Waals surface area contributed by atoms with Crippen molar-refractivity contribution in [1.82, 2.24) is 14.9 Å². The van der Waals surface area contributed by atoms with Gasteiger partial charge >= 0.3 is 0 Å². The number of ether oxygens (including phenoxy) is 1. The summed E-state index contributed by atoms with van der Waals surface area (Å²) in [4.78, 5) is 11.5. The number of methoxy groups -OCH3 is 1. The van der Waals surface area contributed by atoms with Gasteiger partial charge in [-0.25, -0.2) is 13.4 Å². The standard InChI is InChI=1S/C26H32ClN5O3S/c1-5-32-12-8-9-18-14-23(35-4)22(13-19(18)16-32)30-26-28-15-20(27)25(31-26)29-21-10-6-7-11-24(21)36(33,34)17(2)3/h6-7,10-11,13-15,17H,5,8-9,12,16H2,1-4H3,(H2,28,29,30,31). The van der Waals surface area contributed by atoms with Crippen LogP contribution in [0, 0.1) is 0 Å². The van der Waals surface area contributed by atoms with Crippen LogP contribution in [0.25, 0.3) is 0 Å². The van der Waals surface area contributed by atoms with Crippen LogP contribution in [0.2, 0.25) is 5.02 Å². The Labute approximate surface area is 218 Å². The van der Waals surface area contributed by atoms with Crippen LogP contribution in [0.5, 0.6) is 5.75 Å². The molecule has 2 aromatic carbocycles. The third-order valence-electron chi connectivity index (χ3n) is 6.34. The van der Waals surface area contributed by atoms with Crippen LogP contribution in [-0.4, -0.2) is 48.7 Å². The van der Waals surface area contributed by atoms with Crippen molar-refractivity contribution in [2.24, 2.45) is 0 Å². The Kier molecular flexibility index (Phi) is 8.02. The maximum absolute atomic E-state index is 12.9. The molecule has 1 aliphatic rings. The number of fused-ring (bicyclic) bond motifs is 1. The van der Waals surface area contributed by atoms with Crippen molar-refractivity contribution in [2.45, 2.75) is 50.3 Å². The molecule has 10 heteroatoms. The number of hydrogen-bond acceptors (Lipinski definition) is 8. The Morgan fingerprint density at radius 2 is 1.92 bits per heavy atom. The fourth-order valence-electron chi connectivity index (χ4n) is 4.23. The number of hydrogen-bond donors (Lipinski definition) is 2. The van der Waals surface area contributed by atoms with Crippen LogP contribution < -0.4 is 15.4 Å². The van der Waals surface area contributed by atoms with E-state index in [-0.39, 0.29) is 9.92 Å². The smallest absolute Gasteiger partial charge is 0.229 e. The molecule has 36 heavy (non-hydrogen) atoms. The number of nitrogens with zero attached hydrogens (tertiary/aromatic N) is 3. The lowest BCUT2D eigenvalue weighted by atomic mass is 10.0. The van der Waals surface area contributed by atoms with E-state index in [9.17, 15) is 8.42 Å². The maximum Gasteiger partial charge on any atom is 0.229 e. The summed E-state index contributed by atoms with van der Waals surface area (Å²) in [5, 5.41) is 6.05. The number of sulfone groups is 1. The highest BCUT2D eigenvalue weighted by molar-refractivity contribution is 7.92. The van der Waals surface area contributed by atoms with Gasteiger partial charge in [-0.15, -0.1) is 0 Å². The van der Waals surface area contributed by atoms with Gasteiger partial charge in [-0.2, -0.15) is 4.98 Å². The molecule has 0 spiro atoms. The summed E-state index contributed by atoms with van der Waals surface area (Å²) in [7, 11) is -1.87. The van der Waals surface area contributed by atoms with Gasteiger partial charge in [0.15, 0.2) is 15.7 Å². The quantitative estimate of drug-likeness (QED) is 0.390. The first-order valence-electron chi connectivity index (χ1n) is 12.0. The van der Waals surface area contributed by atoms with Gasteiger partial charge < -0.3 is 15.4 Å². The summed E-state index contributed by atoms with van der Waals surface area (Å²) >= 11 is 6.39. The van der Waals surface area contributed by atoms with Crippen LogP contribution in [0.1, 0.15) is 38.3 Å². The van der Waals surface area contributed by atoms with Crippen LogP contribution in [0.3, 0.4) is 0 Å². The van der Waals surface area contributed by atoms with Gasteiger partial charge in [0, 0.05) is 6.54 Å². The zero-order chi connectivity index (χ0) is 25.9. The first-order valence-corrected chi connectivity index (χ1v) is 14.0. The van der Waals surface area contributed by atoms with Gasteiger partial charge in [0.1, 0.15) is 10.8 Å². The second kappa shape index (κ2) is 11.0. The molecule has 3 aromatic rings. The molecular weight excluding hydrogens is 498 g/mol. The predicted molar refractivity (Wildman–Crippen MR) is 145 cm³/mol. The highest BCUT2D eigenvalue weighted by Crippen LogP contribution is 2.34. The largest absolute Gasteiger partial charge is 0.495 e. The number of anilines is 4. The first kappa shape index (κ1) is 26.2. The van der Waals surface area contributed by atoms with E-state index in [1.807, 2.05) is 0 Å². The highest BCUT2D eigenvalue weighted by Gasteiger charge is 2.23. The van der Waals surface area contributed by atoms with Gasteiger partial charge in [0.05, 0.1) is 34.8 Å². The van der Waals surface area contributed by atoms with Crippen molar-refractivity contribution in [2.75, 3.05) is 30.8 Å². The molecular formula is C26H32ClN5O3S. The summed E-state index contributed by atoms with van der Waals surface area (Å²) < 4.78 is 31.4. The van der Waals surface area contributed by atoms with Crippen molar-refractivity contribution >= 4 is 44.6 Å². The zero-order valence-corrected chi connectivity index (χ0v) is 22.6. The number of benzene rings is 2. The minimum atomic E-state index is -3.51. The van der Waals surface area contributed by atoms with Crippen molar-refractivity contribution in [3.05, 3.63) is 58.7 Å². The first-order chi connectivity index (χ1) is 17.2. The number of halogens is 1. The van der Waals surface area contributed by atoms with Crippen molar-refractivity contribution in [1.29, 1.82) is 0 Å². The summed E-state index contributed by atoms with van der Waals surface area (Å²) in [6.07, 6.45) is 3.60. The number of aryl methyl sites for hydroxylation is 1. The molecule has 2 heterocycles. The van der Waals surface area contributed by atoms with E-state index in [2.05, 4.69) is 44.6 Å². The minimum Gasteiger partial charge on any atom is -0.495 e. The van der Waals surface area contributed by atoms with Crippen LogP contribution in [0.4, 0.5) is 23.1 Å². The van der Waals surface area contributed by atoms with Gasteiger partial charge in [-0.05, 0) is 75.2 Å². The molecule has 0 atom stereocenters. The SMILES string of the molecule is CCN1CCCc2cc(OC)c(Nc3ncc(Cl)c(Nc4ccccc4S(=O)(=O)C(C)C)n3)cc2C1. The molecule has 0 saturated carbocycles. The van der Waals surface area contributed by atoms with E-state index in [1.165, 1.54) is 17.3 Å². The average molecular weight is 530 g/mol. The van der Waals surface area contributed by atoms with E-state index in [1.54, 1.807) is 45.2 Å². The number of para-hydroxylation sites is 1. The molecule has 0 bridgehead atoms. The van der Waals surface area contributed by atoms with Crippen molar-refractivity contribution < 1.29 is 13.2 Å². The normalized spacial score (nSPS) is 14.3. The fraction of sp³-hybridized carbons (Fsp3) is 0.385. The second-order valence-electron chi connectivity index (χ2n) is 9.02. The molecule has 0 radical (unpaired) electrons. The molecule has 4 rings (SSSR count). The predicted octanol–water partition coefficient (Wildman–Crippen LogP) is 5.58. The zero-order valence-electron chi connectivity index (χ0n) is 21.0. The summed E-state index contributed by atoms with van der Waals surface area (Å²) in [6, 6.07) is 10.9. The lowest BCUT2D eigenvalue weighted by Gasteiger charge is -2.19. The fourth-order valence-corrected chi connectivity index (χ4v) is 5.57. The molecule has 0 amide bonds. The van der Waals surface area contributed by atoms with Gasteiger partial charge in [0.2, 0.25) is 5.95 Å². The summed E-state index contributed by atoms with van der Waals surface area (Å²) in [5.74, 6) is 1.32. The molecule has 0 unspecified atom stereocenters. The molecule has 8 nitrogen and oxygen atoms in total. The number of aromatic nitrogens is 2. The summed E-state index contributed by atoms with van der Waals surface area (Å²) in [6.45, 7) is 8.42. The second-order valence-corrected chi connectivity index (χ2v) is 11.9. The van der Waals surface area contributed by atoms with Crippen molar-refractivity contribution in [3.8, 4) is 5.75 Å². The Morgan fingerprint density at radius 3 is 2.64 bits per heavy atom. The molecule has 2 N–H and O–H groups in total. The van der Waals surface area contributed by atoms with E-state index in [0.29, 0.717) is 23.2 Å². The minimum absolute atomic E-state index is 0.192. The average Bonchev–Trinajstić information content (AvgIpc) is 3.07. The van der Waals surface area contributed by atoms with E-state index >= 15 is 0 Å². The monoisotopic (exact) mass is 529 g/mol. The van der Waals surface area contributed by atoms with Crippen LogP contribution in [0.15, 0.2) is 47.5 Å². The molecule has 0 saturated heterocycles. The van der Waals surface area contributed by atoms with E-state index in [4.69, 9.17) is 16.3 Å². The third kappa shape index (κ3) is 5.58. The lowest BCUT2D eigenvalue weighted by Crippen LogP contribution is -2.22. The third-order valence-corrected chi connectivity index (χ3v) is 8.83. The van der Waals surface area contributed by atoms with Crippen LogP contribution >= 0.6 is 11.6 Å². The molecule has 1 aromatic heterocycles. The Morgan fingerprint density at radius 1 is 1.14 bits per heavy atom. The Bertz CT molecular complexity index is 1350. The molecule has 192 valence electrons. The van der Waals surface area contributed by atoms with E-state index < -0.39 is 15.1 Å². The van der Waals surface area contributed by atoms with Gasteiger partial charge in [-0.3, -0.25) is 4.90 Å². The molecule has 0 fully saturated rings. The van der Waals surface area contributed by atoms with Gasteiger partial charge in [0.25, 0.3) is 0 Å². The topological polar surface area (TPSA) is 96.5 Å². The Balaban J connectivity index is 1.66. The Hall–Kier alpha value is -2.88. The lowest BCUT2D eigenvalue weighted by molar-refractivity contribution is 0.284. The molecule has 0 aliphatic carbocycles. The van der Waals surface area contributed by atoms with Crippen molar-refractivity contribution in [3.63, 3.8) is 0 Å². The highest BCUT2D eigenvalue weighted by atomic mass is 35.5.